The van der Waals surface area contributed by atoms with Gasteiger partial charge in [-0.05, 0) is 20.3 Å². The van der Waals surface area contributed by atoms with Crippen molar-refractivity contribution in [2.75, 3.05) is 52.5 Å². The monoisotopic (exact) mass is 363 g/mol. The smallest absolute Gasteiger partial charge is 0.282 e. The minimum Gasteiger partial charge on any atom is -0.373 e. The zero-order valence-corrected chi connectivity index (χ0v) is 15.6. The van der Waals surface area contributed by atoms with E-state index in [-0.39, 0.29) is 24.7 Å². The summed E-state index contributed by atoms with van der Waals surface area (Å²) in [5.74, 6) is -0.0749. The van der Waals surface area contributed by atoms with Crippen molar-refractivity contribution in [3.63, 3.8) is 0 Å². The number of morpholine rings is 1. The predicted molar refractivity (Wildman–Crippen MR) is 89.8 cm³/mol. The predicted octanol–water partition coefficient (Wildman–Crippen LogP) is -0.0888. The van der Waals surface area contributed by atoms with E-state index < -0.39 is 10.2 Å². The summed E-state index contributed by atoms with van der Waals surface area (Å²) in [6, 6.07) is 0. The van der Waals surface area contributed by atoms with Crippen LogP contribution in [-0.4, -0.2) is 92.5 Å². The SMILES string of the molecule is CCCOCC(=O)N1CCN(S(=O)(=O)N2CC(C)OC(C)C2)CC1. The third-order valence-electron chi connectivity index (χ3n) is 4.20. The lowest BCUT2D eigenvalue weighted by Crippen LogP contribution is -2.58. The molecule has 2 aliphatic heterocycles. The first kappa shape index (κ1) is 19.6. The number of piperazine rings is 1. The Balaban J connectivity index is 1.87. The average Bonchev–Trinajstić information content (AvgIpc) is 2.54. The highest BCUT2D eigenvalue weighted by molar-refractivity contribution is 7.86. The molecule has 9 heteroatoms. The fourth-order valence-electron chi connectivity index (χ4n) is 3.05. The van der Waals surface area contributed by atoms with Crippen LogP contribution >= 0.6 is 0 Å². The maximum atomic E-state index is 12.8. The van der Waals surface area contributed by atoms with Crippen LogP contribution in [-0.2, 0) is 24.5 Å². The Morgan fingerprint density at radius 3 is 2.21 bits per heavy atom. The molecule has 0 N–H and O–H groups in total. The average molecular weight is 363 g/mol. The molecule has 0 aromatic rings. The van der Waals surface area contributed by atoms with E-state index in [4.69, 9.17) is 9.47 Å². The Bertz CT molecular complexity index is 509. The topological polar surface area (TPSA) is 79.4 Å². The van der Waals surface area contributed by atoms with Crippen molar-refractivity contribution >= 4 is 16.1 Å². The highest BCUT2D eigenvalue weighted by Crippen LogP contribution is 2.18. The number of carbonyl (C=O) groups is 1. The first-order chi connectivity index (χ1) is 11.3. The largest absolute Gasteiger partial charge is 0.373 e. The molecule has 0 radical (unpaired) electrons. The summed E-state index contributed by atoms with van der Waals surface area (Å²) in [7, 11) is -3.50. The molecule has 2 saturated heterocycles. The molecule has 8 nitrogen and oxygen atoms in total. The van der Waals surface area contributed by atoms with Crippen molar-refractivity contribution in [1.29, 1.82) is 0 Å². The Hall–Kier alpha value is -0.740. The number of rotatable bonds is 6. The van der Waals surface area contributed by atoms with Gasteiger partial charge in [0.25, 0.3) is 10.2 Å². The Morgan fingerprint density at radius 1 is 1.08 bits per heavy atom. The summed E-state index contributed by atoms with van der Waals surface area (Å²) in [4.78, 5) is 13.7. The van der Waals surface area contributed by atoms with E-state index in [2.05, 4.69) is 0 Å². The Morgan fingerprint density at radius 2 is 1.67 bits per heavy atom. The Kier molecular flexibility index (Phi) is 6.99. The van der Waals surface area contributed by atoms with E-state index >= 15 is 0 Å². The second kappa shape index (κ2) is 8.57. The summed E-state index contributed by atoms with van der Waals surface area (Å²) in [6.45, 7) is 8.58. The van der Waals surface area contributed by atoms with Crippen molar-refractivity contribution < 1.29 is 22.7 Å². The number of nitrogens with zero attached hydrogens (tertiary/aromatic N) is 3. The van der Waals surface area contributed by atoms with E-state index in [9.17, 15) is 13.2 Å². The van der Waals surface area contributed by atoms with E-state index in [1.165, 1.54) is 8.61 Å². The van der Waals surface area contributed by atoms with Gasteiger partial charge in [-0.1, -0.05) is 6.92 Å². The first-order valence-electron chi connectivity index (χ1n) is 8.60. The molecular formula is C15H29N3O5S. The van der Waals surface area contributed by atoms with Gasteiger partial charge >= 0.3 is 0 Å². The summed E-state index contributed by atoms with van der Waals surface area (Å²) in [5.41, 5.74) is 0. The fraction of sp³-hybridized carbons (Fsp3) is 0.933. The first-order valence-corrected chi connectivity index (χ1v) is 10.0. The van der Waals surface area contributed by atoms with Crippen molar-refractivity contribution in [2.45, 2.75) is 39.4 Å². The summed E-state index contributed by atoms with van der Waals surface area (Å²) in [6.07, 6.45) is 0.652. The quantitative estimate of drug-likeness (QED) is 0.616. The summed E-state index contributed by atoms with van der Waals surface area (Å²) in [5, 5.41) is 0. The van der Waals surface area contributed by atoms with Gasteiger partial charge in [0, 0.05) is 45.9 Å². The van der Waals surface area contributed by atoms with Crippen LogP contribution in [0.5, 0.6) is 0 Å². The molecule has 0 aliphatic carbocycles. The molecule has 2 atom stereocenters. The molecule has 0 bridgehead atoms. The van der Waals surface area contributed by atoms with Gasteiger partial charge < -0.3 is 14.4 Å². The molecule has 0 aromatic carbocycles. The Labute approximate surface area is 144 Å². The molecule has 2 heterocycles. The van der Waals surface area contributed by atoms with Crippen LogP contribution in [0, 0.1) is 0 Å². The van der Waals surface area contributed by atoms with Gasteiger partial charge in [-0.2, -0.15) is 17.0 Å². The van der Waals surface area contributed by atoms with E-state index in [0.717, 1.165) is 6.42 Å². The van der Waals surface area contributed by atoms with Gasteiger partial charge in [-0.3, -0.25) is 4.79 Å². The lowest BCUT2D eigenvalue weighted by atomic mass is 10.3. The standard InChI is InChI=1S/C15H29N3O5S/c1-4-9-22-12-15(19)16-5-7-17(8-6-16)24(20,21)18-10-13(2)23-14(3)11-18/h13-14H,4-12H2,1-3H3. The van der Waals surface area contributed by atoms with Crippen LogP contribution in [0.1, 0.15) is 27.2 Å². The second-order valence-electron chi connectivity index (χ2n) is 6.41. The van der Waals surface area contributed by atoms with Gasteiger partial charge in [0.1, 0.15) is 6.61 Å². The summed E-state index contributed by atoms with van der Waals surface area (Å²) >= 11 is 0. The number of hydrogen-bond donors (Lipinski definition) is 0. The molecule has 2 rings (SSSR count). The molecule has 0 spiro atoms. The highest BCUT2D eigenvalue weighted by Gasteiger charge is 2.37. The fourth-order valence-corrected chi connectivity index (χ4v) is 4.79. The highest BCUT2D eigenvalue weighted by atomic mass is 32.2. The normalized spacial score (nSPS) is 27.4. The number of hydrogen-bond acceptors (Lipinski definition) is 5. The van der Waals surface area contributed by atoms with Gasteiger partial charge in [0.2, 0.25) is 5.91 Å². The second-order valence-corrected chi connectivity index (χ2v) is 8.34. The van der Waals surface area contributed by atoms with Crippen LogP contribution in [0.3, 0.4) is 0 Å². The zero-order chi connectivity index (χ0) is 17.7. The van der Waals surface area contributed by atoms with E-state index in [1.807, 2.05) is 20.8 Å². The minimum atomic E-state index is -3.50. The van der Waals surface area contributed by atoms with Gasteiger partial charge in [0.05, 0.1) is 12.2 Å². The lowest BCUT2D eigenvalue weighted by molar-refractivity contribution is -0.137. The van der Waals surface area contributed by atoms with Crippen LogP contribution in [0.4, 0.5) is 0 Å². The van der Waals surface area contributed by atoms with Crippen molar-refractivity contribution in [3.05, 3.63) is 0 Å². The summed E-state index contributed by atoms with van der Waals surface area (Å²) < 4.78 is 39.4. The van der Waals surface area contributed by atoms with Crippen LogP contribution < -0.4 is 0 Å². The van der Waals surface area contributed by atoms with Crippen LogP contribution in [0.2, 0.25) is 0 Å². The third-order valence-corrected chi connectivity index (χ3v) is 6.17. The van der Waals surface area contributed by atoms with Crippen molar-refractivity contribution in [3.8, 4) is 0 Å². The van der Waals surface area contributed by atoms with E-state index in [0.29, 0.717) is 45.9 Å². The molecule has 140 valence electrons. The number of amides is 1. The maximum absolute atomic E-state index is 12.8. The molecule has 2 fully saturated rings. The van der Waals surface area contributed by atoms with Crippen molar-refractivity contribution in [2.24, 2.45) is 0 Å². The minimum absolute atomic E-state index is 0.0685. The van der Waals surface area contributed by atoms with E-state index in [1.54, 1.807) is 4.90 Å². The molecule has 2 unspecified atom stereocenters. The molecular weight excluding hydrogens is 334 g/mol. The number of ether oxygens (including phenoxy) is 2. The van der Waals surface area contributed by atoms with Crippen LogP contribution in [0.15, 0.2) is 0 Å². The number of carbonyl (C=O) groups excluding carboxylic acids is 1. The third kappa shape index (κ3) is 4.89. The van der Waals surface area contributed by atoms with Crippen molar-refractivity contribution in [1.82, 2.24) is 13.5 Å². The molecule has 24 heavy (non-hydrogen) atoms. The zero-order valence-electron chi connectivity index (χ0n) is 14.8. The van der Waals surface area contributed by atoms with Gasteiger partial charge in [-0.25, -0.2) is 0 Å². The van der Waals surface area contributed by atoms with Gasteiger partial charge in [-0.15, -0.1) is 0 Å². The molecule has 0 saturated carbocycles. The van der Waals surface area contributed by atoms with Gasteiger partial charge in [0.15, 0.2) is 0 Å². The molecule has 2 aliphatic rings. The maximum Gasteiger partial charge on any atom is 0.282 e. The lowest BCUT2D eigenvalue weighted by Gasteiger charge is -2.40. The molecule has 1 amide bonds. The molecule has 0 aromatic heterocycles. The van der Waals surface area contributed by atoms with Crippen LogP contribution in [0.25, 0.3) is 0 Å².